The van der Waals surface area contributed by atoms with E-state index in [0.717, 1.165) is 43.1 Å². The van der Waals surface area contributed by atoms with Gasteiger partial charge in [-0.1, -0.05) is 36.4 Å². The van der Waals surface area contributed by atoms with E-state index in [1.165, 1.54) is 0 Å². The van der Waals surface area contributed by atoms with Crippen LogP contribution >= 0.6 is 0 Å². The molecule has 0 radical (unpaired) electrons. The van der Waals surface area contributed by atoms with Crippen LogP contribution in [-0.4, -0.2) is 49.0 Å². The number of carbonyl (C=O) groups excluding carboxylic acids is 1. The zero-order valence-corrected chi connectivity index (χ0v) is 18.5. The fraction of sp³-hybridized carbons (Fsp3) is 0.231. The summed E-state index contributed by atoms with van der Waals surface area (Å²) in [7, 11) is 2.13. The van der Waals surface area contributed by atoms with Gasteiger partial charge in [-0.3, -0.25) is 4.79 Å². The number of piperazine rings is 1. The molecule has 0 aliphatic carbocycles. The molecule has 1 amide bonds. The summed E-state index contributed by atoms with van der Waals surface area (Å²) < 4.78 is 11.9. The Hall–Kier alpha value is -3.84. The standard InChI is InChI=1S/C26H26N4O3/c1-29-13-15-30(16-14-29)24-12-11-19(17-27-24)28-26(31)25-22(18-32-20-7-3-2-4-8-20)21-9-5-6-10-23(21)33-25/h2-12,17H,13-16,18H2,1H3,(H,28,31). The SMILES string of the molecule is CN1CCN(c2ccc(NC(=O)c3oc4ccccc4c3COc3ccccc3)cn2)CC1. The number of nitrogens with one attached hydrogen (secondary N) is 1. The predicted molar refractivity (Wildman–Crippen MR) is 129 cm³/mol. The number of anilines is 2. The third-order valence-corrected chi connectivity index (χ3v) is 5.86. The molecule has 0 spiro atoms. The minimum Gasteiger partial charge on any atom is -0.489 e. The first-order valence-electron chi connectivity index (χ1n) is 11.1. The molecule has 1 fully saturated rings. The van der Waals surface area contributed by atoms with Gasteiger partial charge in [-0.05, 0) is 37.4 Å². The molecule has 1 aliphatic heterocycles. The van der Waals surface area contributed by atoms with Crippen molar-refractivity contribution >= 4 is 28.4 Å². The average molecular weight is 443 g/mol. The summed E-state index contributed by atoms with van der Waals surface area (Å²) in [6, 6.07) is 20.9. The van der Waals surface area contributed by atoms with Crippen molar-refractivity contribution in [3.63, 3.8) is 0 Å². The maximum Gasteiger partial charge on any atom is 0.291 e. The van der Waals surface area contributed by atoms with Gasteiger partial charge >= 0.3 is 0 Å². The molecule has 33 heavy (non-hydrogen) atoms. The molecule has 1 saturated heterocycles. The quantitative estimate of drug-likeness (QED) is 0.477. The lowest BCUT2D eigenvalue weighted by atomic mass is 10.1. The van der Waals surface area contributed by atoms with Crippen molar-refractivity contribution in [2.45, 2.75) is 6.61 Å². The molecule has 7 heteroatoms. The van der Waals surface area contributed by atoms with E-state index in [1.807, 2.05) is 66.7 Å². The molecular formula is C26H26N4O3. The third kappa shape index (κ3) is 4.68. The minimum atomic E-state index is -0.327. The molecule has 1 N–H and O–H groups in total. The Labute approximate surface area is 192 Å². The van der Waals surface area contributed by atoms with Crippen LogP contribution in [-0.2, 0) is 6.61 Å². The number of ether oxygens (including phenoxy) is 1. The summed E-state index contributed by atoms with van der Waals surface area (Å²) in [5.74, 6) is 1.57. The second kappa shape index (κ2) is 9.34. The van der Waals surface area contributed by atoms with Gasteiger partial charge < -0.3 is 24.3 Å². The van der Waals surface area contributed by atoms with Gasteiger partial charge in [0, 0.05) is 37.1 Å². The van der Waals surface area contributed by atoms with Crippen LogP contribution in [0.25, 0.3) is 11.0 Å². The number of hydrogen-bond acceptors (Lipinski definition) is 6. The van der Waals surface area contributed by atoms with Gasteiger partial charge in [-0.2, -0.15) is 0 Å². The van der Waals surface area contributed by atoms with Gasteiger partial charge in [-0.15, -0.1) is 0 Å². The molecular weight excluding hydrogens is 416 g/mol. The van der Waals surface area contributed by atoms with Crippen LogP contribution in [0.2, 0.25) is 0 Å². The van der Waals surface area contributed by atoms with E-state index < -0.39 is 0 Å². The van der Waals surface area contributed by atoms with Crippen LogP contribution in [0.4, 0.5) is 11.5 Å². The number of furan rings is 1. The van der Waals surface area contributed by atoms with Gasteiger partial charge in [0.1, 0.15) is 23.8 Å². The molecule has 0 bridgehead atoms. The highest BCUT2D eigenvalue weighted by molar-refractivity contribution is 6.06. The molecule has 1 aliphatic rings. The molecule has 4 aromatic rings. The molecule has 0 atom stereocenters. The number of nitrogens with zero attached hydrogens (tertiary/aromatic N) is 3. The van der Waals surface area contributed by atoms with E-state index in [-0.39, 0.29) is 18.3 Å². The number of benzene rings is 2. The molecule has 7 nitrogen and oxygen atoms in total. The number of amides is 1. The van der Waals surface area contributed by atoms with E-state index in [2.05, 4.69) is 27.1 Å². The smallest absolute Gasteiger partial charge is 0.291 e. The normalized spacial score (nSPS) is 14.4. The topological polar surface area (TPSA) is 70.8 Å². The molecule has 0 unspecified atom stereocenters. The van der Waals surface area contributed by atoms with Crippen molar-refractivity contribution in [1.82, 2.24) is 9.88 Å². The van der Waals surface area contributed by atoms with E-state index in [1.54, 1.807) is 6.20 Å². The number of carbonyl (C=O) groups is 1. The van der Waals surface area contributed by atoms with Crippen LogP contribution in [0, 0.1) is 0 Å². The average Bonchev–Trinajstić information content (AvgIpc) is 3.23. The zero-order valence-electron chi connectivity index (χ0n) is 18.5. The highest BCUT2D eigenvalue weighted by Gasteiger charge is 2.22. The van der Waals surface area contributed by atoms with E-state index in [9.17, 15) is 4.79 Å². The molecule has 0 saturated carbocycles. The van der Waals surface area contributed by atoms with Crippen LogP contribution in [0.5, 0.6) is 5.75 Å². The van der Waals surface area contributed by atoms with Crippen molar-refractivity contribution in [1.29, 1.82) is 0 Å². The molecule has 2 aromatic heterocycles. The van der Waals surface area contributed by atoms with Gasteiger partial charge in [0.2, 0.25) is 0 Å². The summed E-state index contributed by atoms with van der Waals surface area (Å²) in [6.45, 7) is 4.14. The second-order valence-corrected chi connectivity index (χ2v) is 8.16. The Morgan fingerprint density at radius 3 is 2.52 bits per heavy atom. The van der Waals surface area contributed by atoms with Crippen LogP contribution in [0.1, 0.15) is 16.1 Å². The third-order valence-electron chi connectivity index (χ3n) is 5.86. The summed E-state index contributed by atoms with van der Waals surface area (Å²) in [6.07, 6.45) is 1.69. The maximum atomic E-state index is 13.1. The van der Waals surface area contributed by atoms with Crippen molar-refractivity contribution in [2.24, 2.45) is 0 Å². The van der Waals surface area contributed by atoms with Gasteiger partial charge in [-0.25, -0.2) is 4.98 Å². The molecule has 168 valence electrons. The van der Waals surface area contributed by atoms with E-state index >= 15 is 0 Å². The van der Waals surface area contributed by atoms with Crippen molar-refractivity contribution in [3.8, 4) is 5.75 Å². The predicted octanol–water partition coefficient (Wildman–Crippen LogP) is 4.41. The van der Waals surface area contributed by atoms with Crippen LogP contribution in [0.15, 0.2) is 77.3 Å². The lowest BCUT2D eigenvalue weighted by Crippen LogP contribution is -2.44. The monoisotopic (exact) mass is 442 g/mol. The Kier molecular flexibility index (Phi) is 5.95. The number of pyridine rings is 1. The number of rotatable bonds is 6. The Morgan fingerprint density at radius 2 is 1.76 bits per heavy atom. The Morgan fingerprint density at radius 1 is 1.00 bits per heavy atom. The van der Waals surface area contributed by atoms with E-state index in [0.29, 0.717) is 16.8 Å². The highest BCUT2D eigenvalue weighted by Crippen LogP contribution is 2.28. The molecule has 2 aromatic carbocycles. The summed E-state index contributed by atoms with van der Waals surface area (Å²) in [5, 5.41) is 3.78. The lowest BCUT2D eigenvalue weighted by molar-refractivity contribution is 0.0995. The number of para-hydroxylation sites is 2. The fourth-order valence-electron chi connectivity index (χ4n) is 3.97. The first-order valence-corrected chi connectivity index (χ1v) is 11.1. The summed E-state index contributed by atoms with van der Waals surface area (Å²) in [5.41, 5.74) is 1.99. The van der Waals surface area contributed by atoms with Gasteiger partial charge in [0.05, 0.1) is 11.9 Å². The van der Waals surface area contributed by atoms with Crippen molar-refractivity contribution in [3.05, 3.63) is 84.3 Å². The summed E-state index contributed by atoms with van der Waals surface area (Å²) >= 11 is 0. The molecule has 5 rings (SSSR count). The van der Waals surface area contributed by atoms with Crippen LogP contribution in [0.3, 0.4) is 0 Å². The van der Waals surface area contributed by atoms with Crippen molar-refractivity contribution in [2.75, 3.05) is 43.4 Å². The first kappa shape index (κ1) is 21.0. The number of fused-ring (bicyclic) bond motifs is 1. The van der Waals surface area contributed by atoms with Gasteiger partial charge in [0.25, 0.3) is 5.91 Å². The Balaban J connectivity index is 1.33. The fourth-order valence-corrected chi connectivity index (χ4v) is 3.97. The van der Waals surface area contributed by atoms with E-state index in [4.69, 9.17) is 9.15 Å². The van der Waals surface area contributed by atoms with Crippen molar-refractivity contribution < 1.29 is 13.9 Å². The minimum absolute atomic E-state index is 0.227. The number of hydrogen-bond donors (Lipinski definition) is 1. The highest BCUT2D eigenvalue weighted by atomic mass is 16.5. The largest absolute Gasteiger partial charge is 0.489 e. The number of likely N-dealkylation sites (N-methyl/N-ethyl adjacent to an activating group) is 1. The zero-order chi connectivity index (χ0) is 22.6. The summed E-state index contributed by atoms with van der Waals surface area (Å²) in [4.78, 5) is 22.2. The van der Waals surface area contributed by atoms with Crippen LogP contribution < -0.4 is 15.0 Å². The first-order chi connectivity index (χ1) is 16.2. The maximum absolute atomic E-state index is 13.1. The second-order valence-electron chi connectivity index (χ2n) is 8.16. The number of aromatic nitrogens is 1. The Bertz CT molecular complexity index is 1230. The molecule has 3 heterocycles. The van der Waals surface area contributed by atoms with Gasteiger partial charge in [0.15, 0.2) is 5.76 Å². The lowest BCUT2D eigenvalue weighted by Gasteiger charge is -2.33.